The number of nitrogens with zero attached hydrogens (tertiary/aromatic N) is 2. The topological polar surface area (TPSA) is 54.9 Å². The second kappa shape index (κ2) is 7.78. The SMILES string of the molecule is Cc1ccc(NC(=O)CSc2nc(C)nc3sc4c(c23)CCCC4)c(Cl)c1. The van der Waals surface area contributed by atoms with Crippen LogP contribution in [0.4, 0.5) is 5.69 Å². The molecule has 0 fully saturated rings. The van der Waals surface area contributed by atoms with Gasteiger partial charge in [-0.25, -0.2) is 9.97 Å². The monoisotopic (exact) mass is 417 g/mol. The average molecular weight is 418 g/mol. The number of fused-ring (bicyclic) bond motifs is 3. The molecule has 0 radical (unpaired) electrons. The predicted octanol–water partition coefficient (Wildman–Crippen LogP) is 5.57. The summed E-state index contributed by atoms with van der Waals surface area (Å²) in [6.07, 6.45) is 4.67. The van der Waals surface area contributed by atoms with Gasteiger partial charge in [-0.3, -0.25) is 4.79 Å². The standard InChI is InChI=1S/C20H20ClN3OS2/c1-11-7-8-15(14(21)9-11)24-17(25)10-26-19-18-13-5-3-4-6-16(13)27-20(18)23-12(2)22-19/h7-9H,3-6,10H2,1-2H3,(H,24,25). The van der Waals surface area contributed by atoms with Gasteiger partial charge in [0.15, 0.2) is 0 Å². The molecule has 140 valence electrons. The summed E-state index contributed by atoms with van der Waals surface area (Å²) >= 11 is 9.48. The van der Waals surface area contributed by atoms with E-state index in [1.807, 2.05) is 32.0 Å². The van der Waals surface area contributed by atoms with Crippen LogP contribution in [0, 0.1) is 13.8 Å². The van der Waals surface area contributed by atoms with Gasteiger partial charge in [0.25, 0.3) is 0 Å². The van der Waals surface area contributed by atoms with E-state index in [1.165, 1.54) is 35.0 Å². The molecule has 0 atom stereocenters. The molecule has 1 aliphatic carbocycles. The van der Waals surface area contributed by atoms with Crippen molar-refractivity contribution in [2.45, 2.75) is 44.6 Å². The summed E-state index contributed by atoms with van der Waals surface area (Å²) in [5, 5.41) is 5.53. The number of aryl methyl sites for hydroxylation is 4. The summed E-state index contributed by atoms with van der Waals surface area (Å²) in [4.78, 5) is 24.2. The Hall–Kier alpha value is -1.63. The summed E-state index contributed by atoms with van der Waals surface area (Å²) in [6, 6.07) is 5.62. The van der Waals surface area contributed by atoms with Gasteiger partial charge in [0.05, 0.1) is 16.5 Å². The highest BCUT2D eigenvalue weighted by atomic mass is 35.5. The second-order valence-electron chi connectivity index (χ2n) is 6.79. The fourth-order valence-electron chi connectivity index (χ4n) is 3.37. The van der Waals surface area contributed by atoms with Gasteiger partial charge in [0, 0.05) is 10.3 Å². The third-order valence-electron chi connectivity index (χ3n) is 4.63. The van der Waals surface area contributed by atoms with Crippen LogP contribution in [-0.4, -0.2) is 21.6 Å². The number of thioether (sulfide) groups is 1. The number of rotatable bonds is 4. The van der Waals surface area contributed by atoms with Crippen molar-refractivity contribution >= 4 is 56.5 Å². The molecule has 1 amide bonds. The highest BCUT2D eigenvalue weighted by Gasteiger charge is 2.21. The number of amides is 1. The molecule has 4 nitrogen and oxygen atoms in total. The predicted molar refractivity (Wildman–Crippen MR) is 114 cm³/mol. The third kappa shape index (κ3) is 3.98. The Balaban J connectivity index is 1.54. The number of hydrogen-bond acceptors (Lipinski definition) is 5. The largest absolute Gasteiger partial charge is 0.324 e. The van der Waals surface area contributed by atoms with Crippen LogP contribution in [0.1, 0.15) is 34.7 Å². The molecule has 2 heterocycles. The molecule has 0 aliphatic heterocycles. The first-order chi connectivity index (χ1) is 13.0. The summed E-state index contributed by atoms with van der Waals surface area (Å²) in [6.45, 7) is 3.88. The summed E-state index contributed by atoms with van der Waals surface area (Å²) in [7, 11) is 0. The van der Waals surface area contributed by atoms with Crippen LogP contribution < -0.4 is 5.32 Å². The first-order valence-corrected chi connectivity index (χ1v) is 11.2. The first-order valence-electron chi connectivity index (χ1n) is 8.99. The molecule has 3 aromatic rings. The number of halogens is 1. The van der Waals surface area contributed by atoms with Gasteiger partial charge in [0.1, 0.15) is 15.7 Å². The van der Waals surface area contributed by atoms with E-state index in [0.29, 0.717) is 16.5 Å². The zero-order valence-electron chi connectivity index (χ0n) is 15.3. The van der Waals surface area contributed by atoms with Crippen LogP contribution >= 0.6 is 34.7 Å². The number of carbonyl (C=O) groups is 1. The highest BCUT2D eigenvalue weighted by Crippen LogP contribution is 2.39. The molecular weight excluding hydrogens is 398 g/mol. The maximum absolute atomic E-state index is 12.4. The van der Waals surface area contributed by atoms with Gasteiger partial charge in [-0.2, -0.15) is 0 Å². The number of benzene rings is 1. The second-order valence-corrected chi connectivity index (χ2v) is 9.24. The Morgan fingerprint density at radius 1 is 1.26 bits per heavy atom. The van der Waals surface area contributed by atoms with Crippen molar-refractivity contribution in [1.82, 2.24) is 9.97 Å². The van der Waals surface area contributed by atoms with Crippen molar-refractivity contribution in [1.29, 1.82) is 0 Å². The van der Waals surface area contributed by atoms with E-state index < -0.39 is 0 Å². The Morgan fingerprint density at radius 2 is 2.07 bits per heavy atom. The Morgan fingerprint density at radius 3 is 2.89 bits per heavy atom. The number of hydrogen-bond donors (Lipinski definition) is 1. The molecule has 1 N–H and O–H groups in total. The van der Waals surface area contributed by atoms with Gasteiger partial charge < -0.3 is 5.32 Å². The smallest absolute Gasteiger partial charge is 0.234 e. The highest BCUT2D eigenvalue weighted by molar-refractivity contribution is 8.00. The lowest BCUT2D eigenvalue weighted by atomic mass is 9.97. The molecule has 0 unspecified atom stereocenters. The van der Waals surface area contributed by atoms with Crippen LogP contribution in [0.3, 0.4) is 0 Å². The molecule has 4 rings (SSSR count). The van der Waals surface area contributed by atoms with Gasteiger partial charge in [-0.1, -0.05) is 29.4 Å². The third-order valence-corrected chi connectivity index (χ3v) is 7.11. The normalized spacial score (nSPS) is 13.6. The molecule has 27 heavy (non-hydrogen) atoms. The van der Waals surface area contributed by atoms with E-state index in [1.54, 1.807) is 11.3 Å². The van der Waals surface area contributed by atoms with Crippen molar-refractivity contribution in [3.05, 3.63) is 45.1 Å². The van der Waals surface area contributed by atoms with Crippen molar-refractivity contribution in [2.75, 3.05) is 11.1 Å². The van der Waals surface area contributed by atoms with Crippen LogP contribution in [0.2, 0.25) is 5.02 Å². The zero-order valence-corrected chi connectivity index (χ0v) is 17.7. The minimum Gasteiger partial charge on any atom is -0.324 e. The average Bonchev–Trinajstić information content (AvgIpc) is 3.00. The summed E-state index contributed by atoms with van der Waals surface area (Å²) in [5.41, 5.74) is 3.10. The van der Waals surface area contributed by atoms with E-state index in [4.69, 9.17) is 11.6 Å². The van der Waals surface area contributed by atoms with Gasteiger partial charge in [0.2, 0.25) is 5.91 Å². The lowest BCUT2D eigenvalue weighted by Gasteiger charge is -2.12. The van der Waals surface area contributed by atoms with E-state index >= 15 is 0 Å². The van der Waals surface area contributed by atoms with Crippen molar-refractivity contribution in [3.8, 4) is 0 Å². The number of anilines is 1. The Kier molecular flexibility index (Phi) is 5.39. The van der Waals surface area contributed by atoms with Crippen molar-refractivity contribution in [2.24, 2.45) is 0 Å². The van der Waals surface area contributed by atoms with Crippen molar-refractivity contribution in [3.63, 3.8) is 0 Å². The van der Waals surface area contributed by atoms with E-state index in [2.05, 4.69) is 15.3 Å². The van der Waals surface area contributed by atoms with Crippen LogP contribution in [-0.2, 0) is 17.6 Å². The molecule has 0 saturated carbocycles. The lowest BCUT2D eigenvalue weighted by molar-refractivity contribution is -0.113. The Labute approximate surface area is 171 Å². The molecule has 0 spiro atoms. The van der Waals surface area contributed by atoms with E-state index in [9.17, 15) is 4.79 Å². The molecular formula is C20H20ClN3OS2. The number of nitrogens with one attached hydrogen (secondary N) is 1. The first kappa shape index (κ1) is 18.7. The maximum atomic E-state index is 12.4. The van der Waals surface area contributed by atoms with Gasteiger partial charge >= 0.3 is 0 Å². The molecule has 1 aromatic carbocycles. The van der Waals surface area contributed by atoms with Crippen LogP contribution in [0.25, 0.3) is 10.2 Å². The fourth-order valence-corrected chi connectivity index (χ4v) is 5.93. The van der Waals surface area contributed by atoms with Crippen molar-refractivity contribution < 1.29 is 4.79 Å². The van der Waals surface area contributed by atoms with Gasteiger partial charge in [-0.05, 0) is 62.8 Å². The van der Waals surface area contributed by atoms with E-state index in [0.717, 1.165) is 39.5 Å². The number of carbonyl (C=O) groups excluding carboxylic acids is 1. The summed E-state index contributed by atoms with van der Waals surface area (Å²) < 4.78 is 0. The minimum absolute atomic E-state index is 0.0840. The maximum Gasteiger partial charge on any atom is 0.234 e. The fraction of sp³-hybridized carbons (Fsp3) is 0.350. The zero-order chi connectivity index (χ0) is 19.0. The molecule has 2 aromatic heterocycles. The van der Waals surface area contributed by atoms with Crippen LogP contribution in [0.15, 0.2) is 23.2 Å². The van der Waals surface area contributed by atoms with E-state index in [-0.39, 0.29) is 5.91 Å². The quantitative estimate of drug-likeness (QED) is 0.445. The Bertz CT molecular complexity index is 1030. The molecule has 7 heteroatoms. The lowest BCUT2D eigenvalue weighted by Crippen LogP contribution is -2.14. The van der Waals surface area contributed by atoms with Gasteiger partial charge in [-0.15, -0.1) is 11.3 Å². The molecule has 0 bridgehead atoms. The van der Waals surface area contributed by atoms with Crippen LogP contribution in [0.5, 0.6) is 0 Å². The molecule has 1 aliphatic rings. The molecule has 0 saturated heterocycles. The minimum atomic E-state index is -0.0840. The number of thiophene rings is 1. The summed E-state index contributed by atoms with van der Waals surface area (Å²) in [5.74, 6) is 0.963. The number of aromatic nitrogens is 2.